The number of aromatic nitrogens is 1. The van der Waals surface area contributed by atoms with Gasteiger partial charge in [0, 0.05) is 12.6 Å². The number of hydrogen-bond donors (Lipinski definition) is 2. The van der Waals surface area contributed by atoms with E-state index in [9.17, 15) is 27.6 Å². The van der Waals surface area contributed by atoms with E-state index in [1.54, 1.807) is 0 Å². The molecule has 9 heteroatoms. The molecule has 0 radical (unpaired) electrons. The molecule has 114 valence electrons. The standard InChI is InChI=1S/C12H12F3N3O3/c13-12(14,15)6-18-5-1-2-8(18)11(21)16-7-3-4-9(19)17-10(7)20/h1-2,5,7H,3-4,6H2,(H,16,21)(H,17,19,20). The van der Waals surface area contributed by atoms with Crippen LogP contribution < -0.4 is 10.6 Å². The molecular weight excluding hydrogens is 291 g/mol. The number of carbonyl (C=O) groups excluding carboxylic acids is 3. The summed E-state index contributed by atoms with van der Waals surface area (Å²) in [6.07, 6.45) is -3.13. The summed E-state index contributed by atoms with van der Waals surface area (Å²) in [5.74, 6) is -1.89. The van der Waals surface area contributed by atoms with Crippen LogP contribution in [0.1, 0.15) is 23.3 Å². The van der Waals surface area contributed by atoms with Gasteiger partial charge >= 0.3 is 6.18 Å². The summed E-state index contributed by atoms with van der Waals surface area (Å²) in [6.45, 7) is -1.29. The molecule has 0 aromatic carbocycles. The molecule has 0 bridgehead atoms. The first-order chi connectivity index (χ1) is 9.76. The van der Waals surface area contributed by atoms with Crippen molar-refractivity contribution in [2.75, 3.05) is 0 Å². The lowest BCUT2D eigenvalue weighted by Gasteiger charge is -2.22. The fraction of sp³-hybridized carbons (Fsp3) is 0.417. The predicted octanol–water partition coefficient (Wildman–Crippen LogP) is 0.585. The highest BCUT2D eigenvalue weighted by molar-refractivity contribution is 6.03. The van der Waals surface area contributed by atoms with Crippen LogP contribution in [-0.4, -0.2) is 34.5 Å². The molecule has 1 aliphatic heterocycles. The molecule has 2 N–H and O–H groups in total. The molecule has 0 spiro atoms. The molecule has 6 nitrogen and oxygen atoms in total. The van der Waals surface area contributed by atoms with Gasteiger partial charge in [0.1, 0.15) is 18.3 Å². The average molecular weight is 303 g/mol. The minimum absolute atomic E-state index is 0.0697. The van der Waals surface area contributed by atoms with Crippen LogP contribution in [0.2, 0.25) is 0 Å². The Morgan fingerprint density at radius 1 is 1.43 bits per heavy atom. The first-order valence-corrected chi connectivity index (χ1v) is 6.13. The van der Waals surface area contributed by atoms with Crippen LogP contribution in [0.5, 0.6) is 0 Å². The Balaban J connectivity index is 2.06. The number of carbonyl (C=O) groups is 3. The molecule has 2 heterocycles. The molecule has 1 aromatic heterocycles. The van der Waals surface area contributed by atoms with E-state index in [1.807, 2.05) is 0 Å². The van der Waals surface area contributed by atoms with Crippen LogP contribution in [-0.2, 0) is 16.1 Å². The third-order valence-corrected chi connectivity index (χ3v) is 2.96. The Kier molecular flexibility index (Phi) is 4.01. The van der Waals surface area contributed by atoms with Gasteiger partial charge in [0.05, 0.1) is 0 Å². The van der Waals surface area contributed by atoms with Gasteiger partial charge in [-0.05, 0) is 18.6 Å². The number of nitrogens with zero attached hydrogens (tertiary/aromatic N) is 1. The van der Waals surface area contributed by atoms with Crippen LogP contribution in [0.25, 0.3) is 0 Å². The zero-order valence-electron chi connectivity index (χ0n) is 10.7. The minimum Gasteiger partial charge on any atom is -0.339 e. The highest BCUT2D eigenvalue weighted by atomic mass is 19.4. The molecule has 1 unspecified atom stereocenters. The van der Waals surface area contributed by atoms with E-state index in [4.69, 9.17) is 0 Å². The zero-order valence-corrected chi connectivity index (χ0v) is 10.7. The summed E-state index contributed by atoms with van der Waals surface area (Å²) in [5.41, 5.74) is -0.197. The van der Waals surface area contributed by atoms with Crippen LogP contribution >= 0.6 is 0 Å². The van der Waals surface area contributed by atoms with Crippen LogP contribution in [0.15, 0.2) is 18.3 Å². The highest BCUT2D eigenvalue weighted by Gasteiger charge is 2.31. The highest BCUT2D eigenvalue weighted by Crippen LogP contribution is 2.19. The summed E-state index contributed by atoms with van der Waals surface area (Å²) in [5, 5.41) is 4.38. The number of alkyl halides is 3. The Bertz CT molecular complexity index is 580. The number of hydrogen-bond acceptors (Lipinski definition) is 3. The van der Waals surface area contributed by atoms with Gasteiger partial charge in [-0.3, -0.25) is 19.7 Å². The molecule has 0 aliphatic carbocycles. The maximum atomic E-state index is 12.4. The molecular formula is C12H12F3N3O3. The zero-order chi connectivity index (χ0) is 15.6. The lowest BCUT2D eigenvalue weighted by atomic mass is 10.1. The largest absolute Gasteiger partial charge is 0.406 e. The van der Waals surface area contributed by atoms with Gasteiger partial charge in [-0.1, -0.05) is 0 Å². The third kappa shape index (κ3) is 3.83. The molecule has 0 saturated carbocycles. The maximum Gasteiger partial charge on any atom is 0.406 e. The van der Waals surface area contributed by atoms with Crippen molar-refractivity contribution < 1.29 is 27.6 Å². The number of piperidine rings is 1. The van der Waals surface area contributed by atoms with Crippen molar-refractivity contribution in [3.8, 4) is 0 Å². The molecule has 3 amide bonds. The van der Waals surface area contributed by atoms with Crippen molar-refractivity contribution in [2.24, 2.45) is 0 Å². The van der Waals surface area contributed by atoms with Crippen LogP contribution in [0.3, 0.4) is 0 Å². The van der Waals surface area contributed by atoms with Crippen LogP contribution in [0, 0.1) is 0 Å². The Labute approximate surface area is 117 Å². The van der Waals surface area contributed by atoms with E-state index in [0.717, 1.165) is 10.8 Å². The second-order valence-electron chi connectivity index (χ2n) is 4.61. The van der Waals surface area contributed by atoms with Gasteiger partial charge in [0.2, 0.25) is 11.8 Å². The normalized spacial score (nSPS) is 19.3. The molecule has 2 rings (SSSR count). The summed E-state index contributed by atoms with van der Waals surface area (Å²) in [4.78, 5) is 34.4. The van der Waals surface area contributed by atoms with Crippen molar-refractivity contribution in [3.05, 3.63) is 24.0 Å². The van der Waals surface area contributed by atoms with Crippen molar-refractivity contribution in [3.63, 3.8) is 0 Å². The van der Waals surface area contributed by atoms with E-state index in [2.05, 4.69) is 10.6 Å². The van der Waals surface area contributed by atoms with E-state index in [1.165, 1.54) is 12.1 Å². The molecule has 1 aliphatic rings. The average Bonchev–Trinajstić information content (AvgIpc) is 2.78. The van der Waals surface area contributed by atoms with Gasteiger partial charge in [-0.2, -0.15) is 13.2 Å². The SMILES string of the molecule is O=C1CCC(NC(=O)c2cccn2CC(F)(F)F)C(=O)N1. The van der Waals surface area contributed by atoms with Crippen LogP contribution in [0.4, 0.5) is 13.2 Å². The van der Waals surface area contributed by atoms with Crippen molar-refractivity contribution in [2.45, 2.75) is 31.6 Å². The third-order valence-electron chi connectivity index (χ3n) is 2.96. The van der Waals surface area contributed by atoms with Gasteiger partial charge in [-0.25, -0.2) is 0 Å². The number of imide groups is 1. The molecule has 1 aromatic rings. The van der Waals surface area contributed by atoms with Crippen molar-refractivity contribution >= 4 is 17.7 Å². The Morgan fingerprint density at radius 2 is 2.14 bits per heavy atom. The number of halogens is 3. The molecule has 21 heavy (non-hydrogen) atoms. The lowest BCUT2D eigenvalue weighted by Crippen LogP contribution is -2.52. The first kappa shape index (κ1) is 15.1. The van der Waals surface area contributed by atoms with Crippen molar-refractivity contribution in [1.82, 2.24) is 15.2 Å². The monoisotopic (exact) mass is 303 g/mol. The topological polar surface area (TPSA) is 80.2 Å². The lowest BCUT2D eigenvalue weighted by molar-refractivity contribution is -0.141. The predicted molar refractivity (Wildman–Crippen MR) is 64.1 cm³/mol. The molecule has 1 fully saturated rings. The van der Waals surface area contributed by atoms with Gasteiger partial charge < -0.3 is 9.88 Å². The molecule has 1 saturated heterocycles. The summed E-state index contributed by atoms with van der Waals surface area (Å²) in [7, 11) is 0. The van der Waals surface area contributed by atoms with E-state index < -0.39 is 36.5 Å². The molecule has 1 atom stereocenters. The number of nitrogens with one attached hydrogen (secondary N) is 2. The maximum absolute atomic E-state index is 12.4. The van der Waals surface area contributed by atoms with E-state index >= 15 is 0 Å². The second-order valence-corrected chi connectivity index (χ2v) is 4.61. The first-order valence-electron chi connectivity index (χ1n) is 6.13. The number of amides is 3. The summed E-state index contributed by atoms with van der Waals surface area (Å²) >= 11 is 0. The van der Waals surface area contributed by atoms with Crippen molar-refractivity contribution in [1.29, 1.82) is 0 Å². The van der Waals surface area contributed by atoms with Gasteiger partial charge in [0.25, 0.3) is 5.91 Å². The Hall–Kier alpha value is -2.32. The minimum atomic E-state index is -4.46. The van der Waals surface area contributed by atoms with Gasteiger partial charge in [-0.15, -0.1) is 0 Å². The van der Waals surface area contributed by atoms with E-state index in [0.29, 0.717) is 0 Å². The second kappa shape index (κ2) is 5.58. The van der Waals surface area contributed by atoms with E-state index in [-0.39, 0.29) is 18.5 Å². The number of rotatable bonds is 3. The summed E-state index contributed by atoms with van der Waals surface area (Å²) < 4.78 is 37.9. The van der Waals surface area contributed by atoms with Gasteiger partial charge in [0.15, 0.2) is 0 Å². The quantitative estimate of drug-likeness (QED) is 0.802. The smallest absolute Gasteiger partial charge is 0.339 e. The fourth-order valence-electron chi connectivity index (χ4n) is 2.01. The summed E-state index contributed by atoms with van der Waals surface area (Å²) in [6, 6.07) is 1.61. The fourth-order valence-corrected chi connectivity index (χ4v) is 2.01. The Morgan fingerprint density at radius 3 is 2.76 bits per heavy atom.